The number of phenolic OH excluding ortho intramolecular Hbond substituents is 1. The first kappa shape index (κ1) is 37.1. The van der Waals surface area contributed by atoms with Gasteiger partial charge in [0.1, 0.15) is 40.3 Å². The van der Waals surface area contributed by atoms with E-state index in [4.69, 9.17) is 18.9 Å². The van der Waals surface area contributed by atoms with E-state index in [0.717, 1.165) is 6.07 Å². The molecule has 49 heavy (non-hydrogen) atoms. The van der Waals surface area contributed by atoms with Crippen LogP contribution in [0.3, 0.4) is 0 Å². The first-order valence-electron chi connectivity index (χ1n) is 14.9. The number of hydrogen-bond acceptors (Lipinski definition) is 7. The van der Waals surface area contributed by atoms with Crippen LogP contribution in [0.1, 0.15) is 37.8 Å². The fraction of sp³-hybridized carbons (Fsp3) is 0.278. The molecule has 0 atom stereocenters. The maximum Gasteiger partial charge on any atom is 0.200 e. The Hall–Kier alpha value is -4.70. The van der Waals surface area contributed by atoms with Crippen molar-refractivity contribution in [2.45, 2.75) is 39.5 Å². The van der Waals surface area contributed by atoms with Crippen LogP contribution in [-0.4, -0.2) is 45.1 Å². The Labute approximate surface area is 281 Å². The van der Waals surface area contributed by atoms with Gasteiger partial charge >= 0.3 is 0 Å². The molecule has 1 N–H and O–H groups in total. The molecule has 0 bridgehead atoms. The fourth-order valence-corrected chi connectivity index (χ4v) is 8.15. The molecule has 0 saturated carbocycles. The van der Waals surface area contributed by atoms with Crippen molar-refractivity contribution in [1.29, 1.82) is 0 Å². The van der Waals surface area contributed by atoms with E-state index in [-0.39, 0.29) is 52.7 Å². The SMILES string of the molecule is COc1cc(CCC(C)=O)cc(OC)c1P(c1cccc(-c2c(F)c(F)c(F)c(F)c2F)c1O)c1c(OC)cc(CCC(C)=O)cc1OC. The van der Waals surface area contributed by atoms with E-state index in [0.29, 0.717) is 34.6 Å². The summed E-state index contributed by atoms with van der Waals surface area (Å²) >= 11 is 0. The van der Waals surface area contributed by atoms with Crippen molar-refractivity contribution in [3.8, 4) is 39.9 Å². The highest BCUT2D eigenvalue weighted by molar-refractivity contribution is 7.80. The molecule has 0 aromatic heterocycles. The van der Waals surface area contributed by atoms with E-state index in [2.05, 4.69) is 0 Å². The van der Waals surface area contributed by atoms with Crippen LogP contribution in [0.5, 0.6) is 28.7 Å². The summed E-state index contributed by atoms with van der Waals surface area (Å²) in [5.74, 6) is -10.8. The van der Waals surface area contributed by atoms with Gasteiger partial charge in [-0.05, 0) is 62.1 Å². The molecular formula is C36H34F5O7P. The lowest BCUT2D eigenvalue weighted by Gasteiger charge is -2.28. The molecule has 4 aromatic carbocycles. The summed E-state index contributed by atoms with van der Waals surface area (Å²) < 4.78 is 96.2. The van der Waals surface area contributed by atoms with E-state index in [1.54, 1.807) is 24.3 Å². The minimum absolute atomic E-state index is 0.00221. The van der Waals surface area contributed by atoms with Crippen LogP contribution in [0.25, 0.3) is 11.1 Å². The van der Waals surface area contributed by atoms with E-state index in [1.165, 1.54) is 54.4 Å². The number of carbonyl (C=O) groups excluding carboxylic acids is 2. The van der Waals surface area contributed by atoms with E-state index in [1.807, 2.05) is 0 Å². The van der Waals surface area contributed by atoms with Crippen LogP contribution in [-0.2, 0) is 22.4 Å². The minimum Gasteiger partial charge on any atom is -0.507 e. The van der Waals surface area contributed by atoms with Crippen molar-refractivity contribution in [3.63, 3.8) is 0 Å². The number of Topliss-reactive ketones (excluding diaryl/α,β-unsaturated/α-hetero) is 2. The highest BCUT2D eigenvalue weighted by Crippen LogP contribution is 2.50. The summed E-state index contributed by atoms with van der Waals surface area (Å²) in [5.41, 5.74) is -0.617. The first-order valence-corrected chi connectivity index (χ1v) is 16.3. The third kappa shape index (κ3) is 7.49. The van der Waals surface area contributed by atoms with Gasteiger partial charge in [-0.25, -0.2) is 22.0 Å². The summed E-state index contributed by atoms with van der Waals surface area (Å²) in [4.78, 5) is 23.5. The summed E-state index contributed by atoms with van der Waals surface area (Å²) in [6, 6.07) is 10.5. The molecule has 0 unspecified atom stereocenters. The van der Waals surface area contributed by atoms with Gasteiger partial charge in [0.15, 0.2) is 23.3 Å². The monoisotopic (exact) mass is 704 g/mol. The number of ketones is 2. The molecule has 260 valence electrons. The summed E-state index contributed by atoms with van der Waals surface area (Å²) in [5, 5.41) is 12.5. The Morgan fingerprint density at radius 3 is 1.35 bits per heavy atom. The normalized spacial score (nSPS) is 11.1. The Bertz CT molecular complexity index is 1760. The van der Waals surface area contributed by atoms with Gasteiger partial charge in [-0.3, -0.25) is 0 Å². The lowest BCUT2D eigenvalue weighted by atomic mass is 10.0. The Balaban J connectivity index is 2.14. The second kappa shape index (κ2) is 15.7. The molecule has 4 aromatic rings. The van der Waals surface area contributed by atoms with Gasteiger partial charge in [-0.2, -0.15) is 0 Å². The van der Waals surface area contributed by atoms with Gasteiger partial charge in [0.2, 0.25) is 5.82 Å². The fourth-order valence-electron chi connectivity index (χ4n) is 5.37. The number of rotatable bonds is 14. The molecule has 0 saturated heterocycles. The molecular weight excluding hydrogens is 670 g/mol. The molecule has 0 heterocycles. The Morgan fingerprint density at radius 2 is 1.00 bits per heavy atom. The predicted molar refractivity (Wildman–Crippen MR) is 176 cm³/mol. The molecule has 0 aliphatic rings. The standard InChI is InChI=1S/C36H34F5O7P/c1-18(42)10-12-20-14-23(45-3)35(24(15-20)46-4)49(36-25(47-5)16-21(13-11-19(2)43)17-26(36)48-6)27-9-7-8-22(34(27)44)28-29(37)31(39)33(41)32(40)30(28)38/h7-9,14-17,44H,10-13H2,1-6H3. The average molecular weight is 705 g/mol. The molecule has 0 amide bonds. The average Bonchev–Trinajstić information content (AvgIpc) is 3.09. The maximum absolute atomic E-state index is 15.1. The van der Waals surface area contributed by atoms with Gasteiger partial charge in [0.05, 0.1) is 44.6 Å². The Morgan fingerprint density at radius 1 is 0.633 bits per heavy atom. The third-order valence-corrected chi connectivity index (χ3v) is 10.4. The van der Waals surface area contributed by atoms with E-state index >= 15 is 8.78 Å². The minimum atomic E-state index is -2.34. The van der Waals surface area contributed by atoms with Gasteiger partial charge in [0, 0.05) is 31.6 Å². The topological polar surface area (TPSA) is 91.3 Å². The van der Waals surface area contributed by atoms with Crippen molar-refractivity contribution < 1.29 is 55.6 Å². The number of ether oxygens (including phenoxy) is 4. The van der Waals surface area contributed by atoms with Gasteiger partial charge < -0.3 is 33.6 Å². The van der Waals surface area contributed by atoms with Crippen molar-refractivity contribution in [3.05, 3.63) is 82.7 Å². The molecule has 0 aliphatic carbocycles. The maximum atomic E-state index is 15.1. The number of aromatic hydroxyl groups is 1. The molecule has 7 nitrogen and oxygen atoms in total. The van der Waals surface area contributed by atoms with Crippen LogP contribution in [0, 0.1) is 29.1 Å². The second-order valence-electron chi connectivity index (χ2n) is 11.1. The molecule has 0 fully saturated rings. The zero-order valence-corrected chi connectivity index (χ0v) is 28.5. The highest BCUT2D eigenvalue weighted by atomic mass is 31.1. The number of aryl methyl sites for hydroxylation is 2. The largest absolute Gasteiger partial charge is 0.507 e. The molecule has 0 radical (unpaired) electrons. The number of carbonyl (C=O) groups is 2. The van der Waals surface area contributed by atoms with Crippen molar-refractivity contribution in [2.24, 2.45) is 0 Å². The van der Waals surface area contributed by atoms with E-state index in [9.17, 15) is 27.9 Å². The third-order valence-electron chi connectivity index (χ3n) is 7.79. The molecule has 4 rings (SSSR count). The number of benzene rings is 4. The van der Waals surface area contributed by atoms with E-state index < -0.39 is 53.9 Å². The Kier molecular flexibility index (Phi) is 11.9. The second-order valence-corrected chi connectivity index (χ2v) is 13.1. The van der Waals surface area contributed by atoms with Gasteiger partial charge in [-0.1, -0.05) is 18.2 Å². The number of hydrogen-bond donors (Lipinski definition) is 1. The highest BCUT2D eigenvalue weighted by Gasteiger charge is 2.35. The number of para-hydroxylation sites is 1. The zero-order valence-electron chi connectivity index (χ0n) is 27.6. The first-order chi connectivity index (χ1) is 23.3. The number of methoxy groups -OCH3 is 4. The lowest BCUT2D eigenvalue weighted by molar-refractivity contribution is -0.117. The smallest absolute Gasteiger partial charge is 0.200 e. The lowest BCUT2D eigenvalue weighted by Crippen LogP contribution is -2.26. The van der Waals surface area contributed by atoms with Crippen LogP contribution in [0.4, 0.5) is 22.0 Å². The summed E-state index contributed by atoms with van der Waals surface area (Å²) in [6.07, 6.45) is 1.15. The van der Waals surface area contributed by atoms with Crippen LogP contribution < -0.4 is 34.9 Å². The van der Waals surface area contributed by atoms with Crippen LogP contribution in [0.15, 0.2) is 42.5 Å². The number of phenols is 1. The van der Waals surface area contributed by atoms with Crippen LogP contribution in [0.2, 0.25) is 0 Å². The zero-order chi connectivity index (χ0) is 36.2. The van der Waals surface area contributed by atoms with Crippen molar-refractivity contribution >= 4 is 35.4 Å². The molecule has 0 aliphatic heterocycles. The molecule has 0 spiro atoms. The summed E-state index contributed by atoms with van der Waals surface area (Å²) in [7, 11) is 3.40. The van der Waals surface area contributed by atoms with Crippen LogP contribution >= 0.6 is 7.92 Å². The van der Waals surface area contributed by atoms with Gasteiger partial charge in [-0.15, -0.1) is 0 Å². The summed E-state index contributed by atoms with van der Waals surface area (Å²) in [6.45, 7) is 2.92. The van der Waals surface area contributed by atoms with Crippen molar-refractivity contribution in [1.82, 2.24) is 0 Å². The predicted octanol–water partition coefficient (Wildman–Crippen LogP) is 6.59. The quantitative estimate of drug-likeness (QED) is 0.0686. The van der Waals surface area contributed by atoms with Crippen molar-refractivity contribution in [2.75, 3.05) is 28.4 Å². The molecule has 13 heteroatoms. The van der Waals surface area contributed by atoms with Gasteiger partial charge in [0.25, 0.3) is 0 Å². The number of halogens is 5.